The summed E-state index contributed by atoms with van der Waals surface area (Å²) in [6.45, 7) is 8.41. The Labute approximate surface area is 123 Å². The first kappa shape index (κ1) is 13.9. The molecule has 0 bridgehead atoms. The molecule has 0 radical (unpaired) electrons. The SMILES string of the molecule is CCC1(CN2c3ccccc3CCC2C)CCNCC1. The Hall–Kier alpha value is -1.02. The van der Waals surface area contributed by atoms with Crippen molar-refractivity contribution < 1.29 is 0 Å². The number of anilines is 1. The maximum atomic E-state index is 3.52. The summed E-state index contributed by atoms with van der Waals surface area (Å²) in [7, 11) is 0. The summed E-state index contributed by atoms with van der Waals surface area (Å²) >= 11 is 0. The highest BCUT2D eigenvalue weighted by Crippen LogP contribution is 2.38. The van der Waals surface area contributed by atoms with Crippen LogP contribution >= 0.6 is 0 Å². The Morgan fingerprint density at radius 2 is 2.00 bits per heavy atom. The normalized spacial score (nSPS) is 25.3. The van der Waals surface area contributed by atoms with E-state index in [4.69, 9.17) is 0 Å². The largest absolute Gasteiger partial charge is 0.368 e. The molecule has 1 fully saturated rings. The van der Waals surface area contributed by atoms with Crippen LogP contribution in [0.2, 0.25) is 0 Å². The highest BCUT2D eigenvalue weighted by atomic mass is 15.2. The molecule has 110 valence electrons. The number of para-hydroxylation sites is 1. The summed E-state index contributed by atoms with van der Waals surface area (Å²) in [5.74, 6) is 0. The lowest BCUT2D eigenvalue weighted by Gasteiger charge is -2.46. The van der Waals surface area contributed by atoms with Gasteiger partial charge in [-0.25, -0.2) is 0 Å². The fourth-order valence-corrected chi connectivity index (χ4v) is 3.94. The van der Waals surface area contributed by atoms with Gasteiger partial charge in [-0.1, -0.05) is 25.1 Å². The van der Waals surface area contributed by atoms with Crippen LogP contribution in [0.1, 0.15) is 45.1 Å². The second kappa shape index (κ2) is 5.77. The average molecular weight is 272 g/mol. The Morgan fingerprint density at radius 3 is 2.75 bits per heavy atom. The van der Waals surface area contributed by atoms with E-state index in [1.807, 2.05) is 0 Å². The Balaban J connectivity index is 1.85. The quantitative estimate of drug-likeness (QED) is 0.904. The molecule has 2 heteroatoms. The van der Waals surface area contributed by atoms with Crippen molar-refractivity contribution in [2.24, 2.45) is 5.41 Å². The Bertz CT molecular complexity index is 448. The van der Waals surface area contributed by atoms with E-state index in [2.05, 4.69) is 48.3 Å². The van der Waals surface area contributed by atoms with Crippen molar-refractivity contribution in [1.29, 1.82) is 0 Å². The van der Waals surface area contributed by atoms with Gasteiger partial charge in [0, 0.05) is 18.3 Å². The molecule has 2 aliphatic rings. The van der Waals surface area contributed by atoms with E-state index >= 15 is 0 Å². The van der Waals surface area contributed by atoms with E-state index in [1.54, 1.807) is 5.56 Å². The van der Waals surface area contributed by atoms with Crippen LogP contribution in [0.15, 0.2) is 24.3 Å². The van der Waals surface area contributed by atoms with Gasteiger partial charge < -0.3 is 10.2 Å². The summed E-state index contributed by atoms with van der Waals surface area (Å²) in [6, 6.07) is 9.71. The number of rotatable bonds is 3. The van der Waals surface area contributed by atoms with Crippen LogP contribution in [0.4, 0.5) is 5.69 Å². The van der Waals surface area contributed by atoms with Gasteiger partial charge in [-0.15, -0.1) is 0 Å². The zero-order chi connectivity index (χ0) is 14.0. The van der Waals surface area contributed by atoms with E-state index in [0.717, 1.165) is 0 Å². The molecule has 1 aromatic rings. The van der Waals surface area contributed by atoms with Gasteiger partial charge in [0.05, 0.1) is 0 Å². The zero-order valence-corrected chi connectivity index (χ0v) is 13.0. The van der Waals surface area contributed by atoms with E-state index in [-0.39, 0.29) is 0 Å². The van der Waals surface area contributed by atoms with Gasteiger partial charge in [0.1, 0.15) is 0 Å². The summed E-state index contributed by atoms with van der Waals surface area (Å²) in [4.78, 5) is 2.70. The number of nitrogens with one attached hydrogen (secondary N) is 1. The average Bonchev–Trinajstić information content (AvgIpc) is 2.51. The fraction of sp³-hybridized carbons (Fsp3) is 0.667. The maximum Gasteiger partial charge on any atom is 0.0401 e. The molecule has 3 rings (SSSR count). The van der Waals surface area contributed by atoms with E-state index in [1.165, 1.54) is 57.4 Å². The number of benzene rings is 1. The second-order valence-corrected chi connectivity index (χ2v) is 6.75. The molecule has 0 spiro atoms. The second-order valence-electron chi connectivity index (χ2n) is 6.75. The summed E-state index contributed by atoms with van der Waals surface area (Å²) in [5, 5.41) is 3.52. The maximum absolute atomic E-state index is 3.52. The van der Waals surface area contributed by atoms with E-state index in [9.17, 15) is 0 Å². The first-order valence-electron chi connectivity index (χ1n) is 8.29. The number of fused-ring (bicyclic) bond motifs is 1. The minimum absolute atomic E-state index is 0.518. The summed E-state index contributed by atoms with van der Waals surface area (Å²) in [6.07, 6.45) is 6.51. The van der Waals surface area contributed by atoms with Gasteiger partial charge in [-0.05, 0) is 69.2 Å². The number of aryl methyl sites for hydroxylation is 1. The highest BCUT2D eigenvalue weighted by Gasteiger charge is 2.35. The van der Waals surface area contributed by atoms with Crippen LogP contribution < -0.4 is 10.2 Å². The molecule has 1 aromatic carbocycles. The third-order valence-corrected chi connectivity index (χ3v) is 5.58. The topological polar surface area (TPSA) is 15.3 Å². The third kappa shape index (κ3) is 2.58. The van der Waals surface area contributed by atoms with Crippen LogP contribution in [-0.2, 0) is 6.42 Å². The standard InChI is InChI=1S/C18H28N2/c1-3-18(10-12-19-13-11-18)14-20-15(2)8-9-16-6-4-5-7-17(16)20/h4-7,15,19H,3,8-14H2,1-2H3. The van der Waals surface area contributed by atoms with Gasteiger partial charge in [0.25, 0.3) is 0 Å². The van der Waals surface area contributed by atoms with Crippen molar-refractivity contribution in [1.82, 2.24) is 5.32 Å². The molecule has 0 saturated carbocycles. The molecule has 0 aromatic heterocycles. The monoisotopic (exact) mass is 272 g/mol. The number of piperidine rings is 1. The van der Waals surface area contributed by atoms with Gasteiger partial charge in [0.2, 0.25) is 0 Å². The van der Waals surface area contributed by atoms with Crippen molar-refractivity contribution in [3.05, 3.63) is 29.8 Å². The molecule has 2 aliphatic heterocycles. The molecule has 1 N–H and O–H groups in total. The van der Waals surface area contributed by atoms with Crippen molar-refractivity contribution in [3.63, 3.8) is 0 Å². The number of nitrogens with zero attached hydrogens (tertiary/aromatic N) is 1. The molecular weight excluding hydrogens is 244 g/mol. The van der Waals surface area contributed by atoms with E-state index < -0.39 is 0 Å². The molecule has 1 atom stereocenters. The number of hydrogen-bond acceptors (Lipinski definition) is 2. The first-order chi connectivity index (χ1) is 9.74. The van der Waals surface area contributed by atoms with Crippen molar-refractivity contribution in [2.45, 2.75) is 52.0 Å². The lowest BCUT2D eigenvalue weighted by molar-refractivity contribution is 0.193. The van der Waals surface area contributed by atoms with Gasteiger partial charge >= 0.3 is 0 Å². The molecule has 20 heavy (non-hydrogen) atoms. The predicted molar refractivity (Wildman–Crippen MR) is 86.4 cm³/mol. The van der Waals surface area contributed by atoms with Crippen molar-refractivity contribution in [2.75, 3.05) is 24.5 Å². The van der Waals surface area contributed by atoms with Crippen LogP contribution in [0.3, 0.4) is 0 Å². The van der Waals surface area contributed by atoms with Gasteiger partial charge in [-0.2, -0.15) is 0 Å². The van der Waals surface area contributed by atoms with Gasteiger partial charge in [0.15, 0.2) is 0 Å². The molecule has 0 amide bonds. The molecular formula is C18H28N2. The highest BCUT2D eigenvalue weighted by molar-refractivity contribution is 5.56. The van der Waals surface area contributed by atoms with Crippen LogP contribution in [0.5, 0.6) is 0 Å². The molecule has 1 saturated heterocycles. The van der Waals surface area contributed by atoms with E-state index in [0.29, 0.717) is 11.5 Å². The smallest absolute Gasteiger partial charge is 0.0401 e. The Kier molecular flexibility index (Phi) is 4.02. The lowest BCUT2D eigenvalue weighted by Crippen LogP contribution is -2.48. The minimum Gasteiger partial charge on any atom is -0.368 e. The summed E-state index contributed by atoms with van der Waals surface area (Å²) in [5.41, 5.74) is 3.56. The predicted octanol–water partition coefficient (Wildman–Crippen LogP) is 3.61. The summed E-state index contributed by atoms with van der Waals surface area (Å²) < 4.78 is 0. The number of hydrogen-bond donors (Lipinski definition) is 1. The molecule has 1 unspecified atom stereocenters. The fourth-order valence-electron chi connectivity index (χ4n) is 3.94. The van der Waals surface area contributed by atoms with Crippen molar-refractivity contribution in [3.8, 4) is 0 Å². The van der Waals surface area contributed by atoms with Gasteiger partial charge in [-0.3, -0.25) is 0 Å². The zero-order valence-electron chi connectivity index (χ0n) is 13.0. The first-order valence-corrected chi connectivity index (χ1v) is 8.29. The Morgan fingerprint density at radius 1 is 1.25 bits per heavy atom. The molecule has 2 nitrogen and oxygen atoms in total. The molecule has 2 heterocycles. The van der Waals surface area contributed by atoms with Crippen LogP contribution in [0.25, 0.3) is 0 Å². The minimum atomic E-state index is 0.518. The van der Waals surface area contributed by atoms with Crippen molar-refractivity contribution >= 4 is 5.69 Å². The van der Waals surface area contributed by atoms with Crippen LogP contribution in [-0.4, -0.2) is 25.7 Å². The third-order valence-electron chi connectivity index (χ3n) is 5.58. The molecule has 0 aliphatic carbocycles. The van der Waals surface area contributed by atoms with Crippen LogP contribution in [0, 0.1) is 5.41 Å². The lowest BCUT2D eigenvalue weighted by atomic mass is 9.75.